The molecule has 0 unspecified atom stereocenters. The maximum Gasteiger partial charge on any atom is 0.227 e. The van der Waals surface area contributed by atoms with Gasteiger partial charge in [-0.15, -0.1) is 6.58 Å². The van der Waals surface area contributed by atoms with E-state index in [9.17, 15) is 4.79 Å². The summed E-state index contributed by atoms with van der Waals surface area (Å²) in [7, 11) is 0. The SMILES string of the molecule is C=CCN(CCO)C(=O)Cc1ccc2c(c1)CCC2. The molecule has 3 nitrogen and oxygen atoms in total. The van der Waals surface area contributed by atoms with E-state index in [2.05, 4.69) is 18.7 Å². The number of aryl methyl sites for hydroxylation is 2. The van der Waals surface area contributed by atoms with Gasteiger partial charge in [-0.2, -0.15) is 0 Å². The average molecular weight is 259 g/mol. The predicted molar refractivity (Wildman–Crippen MR) is 76.0 cm³/mol. The van der Waals surface area contributed by atoms with Crippen molar-refractivity contribution in [2.75, 3.05) is 19.7 Å². The van der Waals surface area contributed by atoms with E-state index in [-0.39, 0.29) is 12.5 Å². The lowest BCUT2D eigenvalue weighted by Crippen LogP contribution is -2.34. The molecule has 0 aromatic heterocycles. The Kier molecular flexibility index (Phi) is 4.74. The highest BCUT2D eigenvalue weighted by Gasteiger charge is 2.15. The summed E-state index contributed by atoms with van der Waals surface area (Å²) < 4.78 is 0. The fourth-order valence-electron chi connectivity index (χ4n) is 2.62. The Labute approximate surface area is 114 Å². The molecule has 0 heterocycles. The third-order valence-corrected chi connectivity index (χ3v) is 3.59. The second-order valence-corrected chi connectivity index (χ2v) is 4.99. The molecule has 1 aliphatic carbocycles. The van der Waals surface area contributed by atoms with Gasteiger partial charge in [-0.3, -0.25) is 4.79 Å². The summed E-state index contributed by atoms with van der Waals surface area (Å²) in [5.41, 5.74) is 3.88. The number of benzene rings is 1. The molecule has 2 rings (SSSR count). The van der Waals surface area contributed by atoms with Gasteiger partial charge in [-0.1, -0.05) is 24.3 Å². The van der Waals surface area contributed by atoms with E-state index in [0.29, 0.717) is 19.5 Å². The molecule has 0 bridgehead atoms. The molecule has 1 aliphatic rings. The first-order valence-corrected chi connectivity index (χ1v) is 6.85. The molecule has 0 saturated carbocycles. The smallest absolute Gasteiger partial charge is 0.227 e. The molecule has 0 saturated heterocycles. The van der Waals surface area contributed by atoms with Crippen molar-refractivity contribution in [1.82, 2.24) is 4.90 Å². The summed E-state index contributed by atoms with van der Waals surface area (Å²) in [6.07, 6.45) is 5.61. The fourth-order valence-corrected chi connectivity index (χ4v) is 2.62. The Bertz CT molecular complexity index is 468. The van der Waals surface area contributed by atoms with Crippen LogP contribution in [0.25, 0.3) is 0 Å². The minimum Gasteiger partial charge on any atom is -0.395 e. The van der Waals surface area contributed by atoms with Gasteiger partial charge in [0, 0.05) is 13.1 Å². The van der Waals surface area contributed by atoms with Crippen LogP contribution in [-0.2, 0) is 24.1 Å². The van der Waals surface area contributed by atoms with Crippen molar-refractivity contribution in [3.63, 3.8) is 0 Å². The van der Waals surface area contributed by atoms with E-state index in [0.717, 1.165) is 18.4 Å². The van der Waals surface area contributed by atoms with E-state index in [1.807, 2.05) is 6.07 Å². The molecule has 1 N–H and O–H groups in total. The van der Waals surface area contributed by atoms with Crippen molar-refractivity contribution in [2.45, 2.75) is 25.7 Å². The summed E-state index contributed by atoms with van der Waals surface area (Å²) in [5.74, 6) is 0.0481. The van der Waals surface area contributed by atoms with Crippen LogP contribution in [-0.4, -0.2) is 35.6 Å². The third-order valence-electron chi connectivity index (χ3n) is 3.59. The zero-order valence-corrected chi connectivity index (χ0v) is 11.3. The molecule has 0 fully saturated rings. The molecular formula is C16H21NO2. The molecule has 1 aromatic carbocycles. The lowest BCUT2D eigenvalue weighted by molar-refractivity contribution is -0.130. The van der Waals surface area contributed by atoms with E-state index in [1.165, 1.54) is 17.5 Å². The topological polar surface area (TPSA) is 40.5 Å². The van der Waals surface area contributed by atoms with Crippen molar-refractivity contribution >= 4 is 5.91 Å². The van der Waals surface area contributed by atoms with Crippen LogP contribution in [0.2, 0.25) is 0 Å². The molecular weight excluding hydrogens is 238 g/mol. The molecule has 1 amide bonds. The van der Waals surface area contributed by atoms with Crippen molar-refractivity contribution in [2.24, 2.45) is 0 Å². The molecule has 0 atom stereocenters. The largest absolute Gasteiger partial charge is 0.395 e. The van der Waals surface area contributed by atoms with Crippen LogP contribution in [0.5, 0.6) is 0 Å². The summed E-state index contributed by atoms with van der Waals surface area (Å²) >= 11 is 0. The van der Waals surface area contributed by atoms with Crippen molar-refractivity contribution in [3.05, 3.63) is 47.5 Å². The number of hydrogen-bond donors (Lipinski definition) is 1. The zero-order chi connectivity index (χ0) is 13.7. The number of aliphatic hydroxyl groups is 1. The third kappa shape index (κ3) is 3.44. The molecule has 1 aromatic rings. The minimum atomic E-state index is -0.0102. The van der Waals surface area contributed by atoms with Crippen LogP contribution in [0.4, 0.5) is 0 Å². The van der Waals surface area contributed by atoms with E-state index in [1.54, 1.807) is 11.0 Å². The van der Waals surface area contributed by atoms with Gasteiger partial charge in [0.05, 0.1) is 13.0 Å². The van der Waals surface area contributed by atoms with Gasteiger partial charge in [0.2, 0.25) is 5.91 Å². The van der Waals surface area contributed by atoms with Gasteiger partial charge in [0.1, 0.15) is 0 Å². The highest BCUT2D eigenvalue weighted by molar-refractivity contribution is 5.79. The first-order chi connectivity index (χ1) is 9.24. The lowest BCUT2D eigenvalue weighted by Gasteiger charge is -2.20. The number of carbonyl (C=O) groups is 1. The van der Waals surface area contributed by atoms with Crippen LogP contribution in [0.3, 0.4) is 0 Å². The second kappa shape index (κ2) is 6.53. The van der Waals surface area contributed by atoms with Crippen LogP contribution in [0.15, 0.2) is 30.9 Å². The van der Waals surface area contributed by atoms with Crippen molar-refractivity contribution in [3.8, 4) is 0 Å². The molecule has 0 radical (unpaired) electrons. The highest BCUT2D eigenvalue weighted by atomic mass is 16.3. The normalized spacial score (nSPS) is 13.1. The molecule has 19 heavy (non-hydrogen) atoms. The van der Waals surface area contributed by atoms with E-state index < -0.39 is 0 Å². The molecule has 3 heteroatoms. The number of amides is 1. The van der Waals surface area contributed by atoms with E-state index >= 15 is 0 Å². The summed E-state index contributed by atoms with van der Waals surface area (Å²) in [5, 5.41) is 8.98. The zero-order valence-electron chi connectivity index (χ0n) is 11.3. The Hall–Kier alpha value is -1.61. The first-order valence-electron chi connectivity index (χ1n) is 6.85. The standard InChI is InChI=1S/C16H21NO2/c1-2-8-17(9-10-18)16(19)12-13-6-7-14-4-3-5-15(14)11-13/h2,6-7,11,18H,1,3-5,8-10,12H2. The predicted octanol–water partition coefficient (Wildman–Crippen LogP) is 1.72. The van der Waals surface area contributed by atoms with Crippen molar-refractivity contribution in [1.29, 1.82) is 0 Å². The second-order valence-electron chi connectivity index (χ2n) is 4.99. The maximum atomic E-state index is 12.2. The number of rotatable bonds is 6. The molecule has 0 spiro atoms. The van der Waals surface area contributed by atoms with Gasteiger partial charge in [0.25, 0.3) is 0 Å². The Balaban J connectivity index is 2.03. The van der Waals surface area contributed by atoms with Crippen LogP contribution in [0, 0.1) is 0 Å². The molecule has 102 valence electrons. The Morgan fingerprint density at radius 2 is 2.16 bits per heavy atom. The lowest BCUT2D eigenvalue weighted by atomic mass is 10.0. The van der Waals surface area contributed by atoms with Crippen LogP contribution >= 0.6 is 0 Å². The van der Waals surface area contributed by atoms with Gasteiger partial charge in [0.15, 0.2) is 0 Å². The number of nitrogens with zero attached hydrogens (tertiary/aromatic N) is 1. The fraction of sp³-hybridized carbons (Fsp3) is 0.438. The average Bonchev–Trinajstić information content (AvgIpc) is 2.86. The van der Waals surface area contributed by atoms with Gasteiger partial charge >= 0.3 is 0 Å². The maximum absolute atomic E-state index is 12.2. The van der Waals surface area contributed by atoms with E-state index in [4.69, 9.17) is 5.11 Å². The van der Waals surface area contributed by atoms with Gasteiger partial charge < -0.3 is 10.0 Å². The van der Waals surface area contributed by atoms with Crippen LogP contribution < -0.4 is 0 Å². The van der Waals surface area contributed by atoms with Gasteiger partial charge in [-0.05, 0) is 36.0 Å². The van der Waals surface area contributed by atoms with Crippen LogP contribution in [0.1, 0.15) is 23.1 Å². The highest BCUT2D eigenvalue weighted by Crippen LogP contribution is 2.23. The van der Waals surface area contributed by atoms with Gasteiger partial charge in [-0.25, -0.2) is 0 Å². The number of carbonyl (C=O) groups excluding carboxylic acids is 1. The number of aliphatic hydroxyl groups excluding tert-OH is 1. The monoisotopic (exact) mass is 259 g/mol. The minimum absolute atomic E-state index is 0.0102. The number of fused-ring (bicyclic) bond motifs is 1. The first kappa shape index (κ1) is 13.8. The Morgan fingerprint density at radius 3 is 2.89 bits per heavy atom. The quantitative estimate of drug-likeness (QED) is 0.790. The Morgan fingerprint density at radius 1 is 1.37 bits per heavy atom. The summed E-state index contributed by atoms with van der Waals surface area (Å²) in [4.78, 5) is 13.8. The summed E-state index contributed by atoms with van der Waals surface area (Å²) in [6, 6.07) is 6.35. The summed E-state index contributed by atoms with van der Waals surface area (Å²) in [6.45, 7) is 4.49. The molecule has 0 aliphatic heterocycles. The number of hydrogen-bond acceptors (Lipinski definition) is 2. The van der Waals surface area contributed by atoms with Crippen molar-refractivity contribution < 1.29 is 9.90 Å².